The van der Waals surface area contributed by atoms with E-state index in [0.717, 1.165) is 24.8 Å². The van der Waals surface area contributed by atoms with Crippen molar-refractivity contribution in [3.05, 3.63) is 35.4 Å². The number of rotatable bonds is 3. The zero-order valence-electron chi connectivity index (χ0n) is 12.0. The zero-order chi connectivity index (χ0) is 14.9. The van der Waals surface area contributed by atoms with E-state index in [1.807, 2.05) is 6.07 Å². The van der Waals surface area contributed by atoms with Crippen molar-refractivity contribution in [3.8, 4) is 6.07 Å². The molecule has 1 saturated heterocycles. The highest BCUT2D eigenvalue weighted by Crippen LogP contribution is 2.38. The van der Waals surface area contributed by atoms with Crippen LogP contribution in [0.25, 0.3) is 0 Å². The van der Waals surface area contributed by atoms with Crippen molar-refractivity contribution in [2.24, 2.45) is 5.92 Å². The summed E-state index contributed by atoms with van der Waals surface area (Å²) in [5.41, 5.74) is 1.32. The lowest BCUT2D eigenvalue weighted by Gasteiger charge is -2.31. The minimum Gasteiger partial charge on any atom is -0.212 e. The fourth-order valence-electron chi connectivity index (χ4n) is 3.68. The molecule has 2 fully saturated rings. The van der Waals surface area contributed by atoms with Gasteiger partial charge in [-0.3, -0.25) is 0 Å². The summed E-state index contributed by atoms with van der Waals surface area (Å²) in [7, 11) is -3.25. The van der Waals surface area contributed by atoms with E-state index in [1.54, 1.807) is 28.6 Å². The van der Waals surface area contributed by atoms with Crippen molar-refractivity contribution in [1.29, 1.82) is 5.26 Å². The summed E-state index contributed by atoms with van der Waals surface area (Å²) < 4.78 is 27.1. The van der Waals surface area contributed by atoms with Gasteiger partial charge < -0.3 is 0 Å². The number of sulfonamides is 1. The quantitative estimate of drug-likeness (QED) is 0.862. The summed E-state index contributed by atoms with van der Waals surface area (Å²) in [6, 6.07) is 9.11. The zero-order valence-corrected chi connectivity index (χ0v) is 12.8. The second kappa shape index (κ2) is 5.78. The molecule has 5 heteroatoms. The lowest BCUT2D eigenvalue weighted by Crippen LogP contribution is -2.39. The Bertz CT molecular complexity index is 646. The van der Waals surface area contributed by atoms with E-state index < -0.39 is 10.0 Å². The molecule has 1 saturated carbocycles. The molecule has 0 N–H and O–H groups in total. The van der Waals surface area contributed by atoms with Crippen molar-refractivity contribution in [1.82, 2.24) is 4.31 Å². The van der Waals surface area contributed by atoms with E-state index in [4.69, 9.17) is 5.26 Å². The first-order chi connectivity index (χ1) is 10.1. The van der Waals surface area contributed by atoms with E-state index in [9.17, 15) is 8.42 Å². The molecule has 0 amide bonds. The smallest absolute Gasteiger partial charge is 0.212 e. The summed E-state index contributed by atoms with van der Waals surface area (Å²) in [6.45, 7) is 0.675. The maximum Gasteiger partial charge on any atom is 0.218 e. The molecule has 2 aliphatic rings. The van der Waals surface area contributed by atoms with Gasteiger partial charge in [-0.05, 0) is 42.9 Å². The van der Waals surface area contributed by atoms with Gasteiger partial charge in [0.2, 0.25) is 10.0 Å². The molecule has 2 unspecified atom stereocenters. The van der Waals surface area contributed by atoms with Gasteiger partial charge in [0.15, 0.2) is 0 Å². The van der Waals surface area contributed by atoms with Crippen LogP contribution in [0.5, 0.6) is 0 Å². The number of benzene rings is 1. The van der Waals surface area contributed by atoms with Crippen LogP contribution in [-0.4, -0.2) is 25.3 Å². The van der Waals surface area contributed by atoms with Crippen molar-refractivity contribution in [2.45, 2.75) is 43.9 Å². The third-order valence-corrected chi connectivity index (χ3v) is 6.61. The van der Waals surface area contributed by atoms with Gasteiger partial charge >= 0.3 is 0 Å². The summed E-state index contributed by atoms with van der Waals surface area (Å²) >= 11 is 0. The Morgan fingerprint density at radius 3 is 2.57 bits per heavy atom. The maximum absolute atomic E-state index is 12.7. The van der Waals surface area contributed by atoms with E-state index in [2.05, 4.69) is 0 Å². The van der Waals surface area contributed by atoms with Gasteiger partial charge in [-0.1, -0.05) is 25.0 Å². The van der Waals surface area contributed by atoms with E-state index >= 15 is 0 Å². The molecular formula is C16H20N2O2S. The Labute approximate surface area is 126 Å². The topological polar surface area (TPSA) is 61.2 Å². The van der Waals surface area contributed by atoms with Gasteiger partial charge in [0.25, 0.3) is 0 Å². The Morgan fingerprint density at radius 1 is 1.14 bits per heavy atom. The molecule has 1 aromatic rings. The highest BCUT2D eigenvalue weighted by molar-refractivity contribution is 7.88. The fraction of sp³-hybridized carbons (Fsp3) is 0.562. The molecular weight excluding hydrogens is 284 g/mol. The van der Waals surface area contributed by atoms with Crippen LogP contribution in [0.2, 0.25) is 0 Å². The van der Waals surface area contributed by atoms with Crippen LogP contribution in [0.1, 0.15) is 43.2 Å². The maximum atomic E-state index is 12.7. The molecule has 0 radical (unpaired) electrons. The molecule has 3 rings (SSSR count). The van der Waals surface area contributed by atoms with Crippen molar-refractivity contribution in [3.63, 3.8) is 0 Å². The van der Waals surface area contributed by atoms with Gasteiger partial charge in [0.05, 0.1) is 17.4 Å². The van der Waals surface area contributed by atoms with Crippen LogP contribution in [0, 0.1) is 17.2 Å². The summed E-state index contributed by atoms with van der Waals surface area (Å²) in [6.07, 6.45) is 5.58. The average Bonchev–Trinajstić information content (AvgIpc) is 2.92. The van der Waals surface area contributed by atoms with Gasteiger partial charge in [-0.15, -0.1) is 0 Å². The van der Waals surface area contributed by atoms with Gasteiger partial charge in [0.1, 0.15) is 0 Å². The second-order valence-corrected chi connectivity index (χ2v) is 8.00. The van der Waals surface area contributed by atoms with Gasteiger partial charge in [-0.25, -0.2) is 8.42 Å². The molecule has 4 nitrogen and oxygen atoms in total. The molecule has 1 aliphatic heterocycles. The molecule has 0 aromatic heterocycles. The highest BCUT2D eigenvalue weighted by Gasteiger charge is 2.41. The second-order valence-electron chi connectivity index (χ2n) is 6.08. The van der Waals surface area contributed by atoms with Crippen LogP contribution >= 0.6 is 0 Å². The molecule has 0 spiro atoms. The lowest BCUT2D eigenvalue weighted by molar-refractivity contribution is 0.260. The molecule has 1 heterocycles. The van der Waals surface area contributed by atoms with Crippen LogP contribution in [0.3, 0.4) is 0 Å². The molecule has 1 aromatic carbocycles. The summed E-state index contributed by atoms with van der Waals surface area (Å²) in [4.78, 5) is 0. The number of nitriles is 1. The van der Waals surface area contributed by atoms with Crippen LogP contribution in [0.15, 0.2) is 24.3 Å². The standard InChI is InChI=1S/C16H20N2O2S/c17-11-13-5-7-14(8-6-13)12-21(19,20)18-10-9-15-3-1-2-4-16(15)18/h5-8,15-16H,1-4,9-10,12H2. The third-order valence-electron chi connectivity index (χ3n) is 4.75. The summed E-state index contributed by atoms with van der Waals surface area (Å²) in [5, 5.41) is 8.79. The minimum atomic E-state index is -3.25. The summed E-state index contributed by atoms with van der Waals surface area (Å²) in [5.74, 6) is 0.608. The Kier molecular flexibility index (Phi) is 4.01. The minimum absolute atomic E-state index is 0.0436. The number of nitrogens with zero attached hydrogens (tertiary/aromatic N) is 2. The van der Waals surface area contributed by atoms with Gasteiger partial charge in [0, 0.05) is 12.6 Å². The van der Waals surface area contributed by atoms with Crippen LogP contribution < -0.4 is 0 Å². The lowest BCUT2D eigenvalue weighted by atomic mass is 9.86. The highest BCUT2D eigenvalue weighted by atomic mass is 32.2. The predicted octanol–water partition coefficient (Wildman–Crippen LogP) is 2.65. The van der Waals surface area contributed by atoms with E-state index in [0.29, 0.717) is 18.0 Å². The van der Waals surface area contributed by atoms with Crippen molar-refractivity contribution >= 4 is 10.0 Å². The Morgan fingerprint density at radius 2 is 1.86 bits per heavy atom. The average molecular weight is 304 g/mol. The van der Waals surface area contributed by atoms with Crippen LogP contribution in [-0.2, 0) is 15.8 Å². The first-order valence-corrected chi connectivity index (χ1v) is 9.19. The predicted molar refractivity (Wildman–Crippen MR) is 80.8 cm³/mol. The molecule has 2 atom stereocenters. The number of hydrogen-bond acceptors (Lipinski definition) is 3. The molecule has 0 bridgehead atoms. The Hall–Kier alpha value is -1.38. The number of hydrogen-bond donors (Lipinski definition) is 0. The Balaban J connectivity index is 1.75. The largest absolute Gasteiger partial charge is 0.218 e. The first kappa shape index (κ1) is 14.6. The van der Waals surface area contributed by atoms with Crippen molar-refractivity contribution in [2.75, 3.05) is 6.54 Å². The SMILES string of the molecule is N#Cc1ccc(CS(=O)(=O)N2CCC3CCCCC32)cc1. The molecule has 112 valence electrons. The van der Waals surface area contributed by atoms with Crippen LogP contribution in [0.4, 0.5) is 0 Å². The monoisotopic (exact) mass is 304 g/mol. The van der Waals surface area contributed by atoms with E-state index in [1.165, 1.54) is 12.8 Å². The fourth-order valence-corrected chi connectivity index (χ4v) is 5.53. The van der Waals surface area contributed by atoms with Crippen molar-refractivity contribution < 1.29 is 8.42 Å². The molecule has 1 aliphatic carbocycles. The van der Waals surface area contributed by atoms with Gasteiger partial charge in [-0.2, -0.15) is 9.57 Å². The van der Waals surface area contributed by atoms with E-state index in [-0.39, 0.29) is 11.8 Å². The molecule has 21 heavy (non-hydrogen) atoms. The number of fused-ring (bicyclic) bond motifs is 1. The normalized spacial score (nSPS) is 26.2. The first-order valence-electron chi connectivity index (χ1n) is 7.59. The third kappa shape index (κ3) is 2.97.